The molecule has 4 heteroatoms. The van der Waals surface area contributed by atoms with Crippen molar-refractivity contribution >= 4 is 22.5 Å². The number of nitrogens with zero attached hydrogens (tertiary/aromatic N) is 2. The van der Waals surface area contributed by atoms with E-state index in [9.17, 15) is 5.11 Å². The van der Waals surface area contributed by atoms with Crippen LogP contribution in [0.4, 0.5) is 0 Å². The molecule has 2 aromatic carbocycles. The maximum absolute atomic E-state index is 10.9. The molecule has 3 aromatic rings. The van der Waals surface area contributed by atoms with E-state index in [0.717, 1.165) is 36.5 Å². The predicted octanol–water partition coefficient (Wildman–Crippen LogP) is 5.00. The van der Waals surface area contributed by atoms with Crippen molar-refractivity contribution in [1.29, 1.82) is 0 Å². The summed E-state index contributed by atoms with van der Waals surface area (Å²) in [7, 11) is 2.17. The molecule has 1 N–H and O–H groups in total. The van der Waals surface area contributed by atoms with E-state index in [0.29, 0.717) is 6.54 Å². The molecule has 1 atom stereocenters. The molecule has 0 saturated heterocycles. The van der Waals surface area contributed by atoms with Crippen LogP contribution in [0.1, 0.15) is 35.9 Å². The summed E-state index contributed by atoms with van der Waals surface area (Å²) < 4.78 is 2.31. The summed E-state index contributed by atoms with van der Waals surface area (Å²) in [4.78, 5) is 2.37. The monoisotopic (exact) mass is 384 g/mol. The maximum Gasteiger partial charge on any atom is 0.0969 e. The van der Waals surface area contributed by atoms with Gasteiger partial charge in [-0.05, 0) is 49.7 Å². The van der Waals surface area contributed by atoms with Crippen molar-refractivity contribution in [3.63, 3.8) is 0 Å². The second kappa shape index (κ2) is 8.05. The van der Waals surface area contributed by atoms with E-state index in [2.05, 4.69) is 47.7 Å². The zero-order valence-corrected chi connectivity index (χ0v) is 16.1. The molecule has 27 heavy (non-hydrogen) atoms. The first-order chi connectivity index (χ1) is 12.5. The summed E-state index contributed by atoms with van der Waals surface area (Å²) in [6.45, 7) is 4.73. The average molecular weight is 385 g/mol. The van der Waals surface area contributed by atoms with Crippen molar-refractivity contribution in [3.05, 3.63) is 69.9 Å². The second-order valence-corrected chi connectivity index (χ2v) is 7.86. The largest absolute Gasteiger partial charge is 0.387 e. The van der Waals surface area contributed by atoms with Gasteiger partial charge in [0.2, 0.25) is 0 Å². The molecule has 144 valence electrons. The molecular formula is C23H29ClN2O. The molecule has 3 nitrogen and oxygen atoms in total. The van der Waals surface area contributed by atoms with Crippen LogP contribution < -0.4 is 0 Å². The number of hydrogen-bond donors (Lipinski definition) is 1. The number of fused-ring (bicyclic) bond motifs is 3. The summed E-state index contributed by atoms with van der Waals surface area (Å²) in [5.74, 6) is 0. The summed E-state index contributed by atoms with van der Waals surface area (Å²) in [5.41, 5.74) is 6.08. The van der Waals surface area contributed by atoms with Crippen LogP contribution in [-0.2, 0) is 19.4 Å². The van der Waals surface area contributed by atoms with Crippen LogP contribution in [0.25, 0.3) is 10.9 Å². The number of aryl methyl sites for hydroxylation is 1. The molecule has 0 aliphatic carbocycles. The molecule has 0 radical (unpaired) electrons. The van der Waals surface area contributed by atoms with Gasteiger partial charge in [-0.25, -0.2) is 0 Å². The lowest BCUT2D eigenvalue weighted by Crippen LogP contribution is -2.21. The van der Waals surface area contributed by atoms with Gasteiger partial charge < -0.3 is 14.6 Å². The van der Waals surface area contributed by atoms with E-state index in [1.54, 1.807) is 0 Å². The van der Waals surface area contributed by atoms with Gasteiger partial charge in [0, 0.05) is 41.1 Å². The minimum absolute atomic E-state index is 0. The zero-order valence-electron chi connectivity index (χ0n) is 15.4. The molecule has 1 unspecified atom stereocenters. The molecule has 1 aliphatic heterocycles. The quantitative estimate of drug-likeness (QED) is 0.688. The van der Waals surface area contributed by atoms with Gasteiger partial charge in [0.1, 0.15) is 0 Å². The fourth-order valence-corrected chi connectivity index (χ4v) is 4.17. The van der Waals surface area contributed by atoms with E-state index >= 15 is 0 Å². The third-order valence-electron chi connectivity index (χ3n) is 5.54. The highest BCUT2D eigenvalue weighted by atomic mass is 35.5. The Labute approximate surface area is 167 Å². The Kier molecular flexibility index (Phi) is 5.95. The Morgan fingerprint density at radius 1 is 1.07 bits per heavy atom. The molecule has 0 saturated carbocycles. The number of rotatable bonds is 3. The van der Waals surface area contributed by atoms with Gasteiger partial charge >= 0.3 is 0 Å². The fraction of sp³-hybridized carbons (Fsp3) is 0.391. The minimum Gasteiger partial charge on any atom is -0.387 e. The molecular weight excluding hydrogens is 356 g/mol. The molecule has 4 rings (SSSR count). The van der Waals surface area contributed by atoms with E-state index in [-0.39, 0.29) is 7.43 Å². The molecule has 0 bridgehead atoms. The van der Waals surface area contributed by atoms with E-state index in [1.165, 1.54) is 27.7 Å². The van der Waals surface area contributed by atoms with Crippen molar-refractivity contribution in [2.45, 2.75) is 39.8 Å². The highest BCUT2D eigenvalue weighted by molar-refractivity contribution is 6.31. The van der Waals surface area contributed by atoms with Crippen LogP contribution in [0.3, 0.4) is 0 Å². The fourth-order valence-electron chi connectivity index (χ4n) is 4.00. The molecule has 0 fully saturated rings. The minimum atomic E-state index is -0.521. The number of aliphatic hydroxyl groups is 1. The van der Waals surface area contributed by atoms with Crippen molar-refractivity contribution < 1.29 is 5.11 Å². The Hall–Kier alpha value is -1.81. The van der Waals surface area contributed by atoms with Crippen LogP contribution in [0.15, 0.2) is 42.5 Å². The van der Waals surface area contributed by atoms with Crippen LogP contribution in [0.5, 0.6) is 0 Å². The van der Waals surface area contributed by atoms with Crippen LogP contribution in [0.2, 0.25) is 5.02 Å². The second-order valence-electron chi connectivity index (χ2n) is 7.43. The van der Waals surface area contributed by atoms with Crippen LogP contribution >= 0.6 is 11.6 Å². The van der Waals surface area contributed by atoms with Crippen molar-refractivity contribution in [3.8, 4) is 0 Å². The third-order valence-corrected chi connectivity index (χ3v) is 5.78. The normalized spacial score (nSPS) is 15.9. The van der Waals surface area contributed by atoms with E-state index < -0.39 is 6.10 Å². The Morgan fingerprint density at radius 3 is 2.52 bits per heavy atom. The van der Waals surface area contributed by atoms with E-state index in [1.807, 2.05) is 18.2 Å². The lowest BCUT2D eigenvalue weighted by molar-refractivity contribution is 0.157. The summed E-state index contributed by atoms with van der Waals surface area (Å²) >= 11 is 6.29. The van der Waals surface area contributed by atoms with Gasteiger partial charge in [0.05, 0.1) is 12.6 Å². The first-order valence-corrected chi connectivity index (χ1v) is 9.63. The van der Waals surface area contributed by atoms with Gasteiger partial charge in [0.25, 0.3) is 0 Å². The first kappa shape index (κ1) is 19.9. The lowest BCUT2D eigenvalue weighted by atomic mass is 10.1. The Balaban J connectivity index is 0.00000210. The summed E-state index contributed by atoms with van der Waals surface area (Å²) in [6.07, 6.45) is 1.50. The van der Waals surface area contributed by atoms with Gasteiger partial charge in [-0.3, -0.25) is 0 Å². The van der Waals surface area contributed by atoms with Gasteiger partial charge in [0.15, 0.2) is 0 Å². The van der Waals surface area contributed by atoms with Crippen LogP contribution in [-0.4, -0.2) is 34.7 Å². The van der Waals surface area contributed by atoms with Crippen molar-refractivity contribution in [2.75, 3.05) is 20.1 Å². The SMILES string of the molecule is C.Cc1ccc(C(O)Cn2c3c(c4cc(Cl)ccc42)CCN(C)CC3)cc1. The number of benzene rings is 2. The number of aliphatic hydroxyl groups excluding tert-OH is 1. The molecule has 1 aliphatic rings. The van der Waals surface area contributed by atoms with Crippen molar-refractivity contribution in [2.24, 2.45) is 0 Å². The lowest BCUT2D eigenvalue weighted by Gasteiger charge is -2.17. The zero-order chi connectivity index (χ0) is 18.3. The highest BCUT2D eigenvalue weighted by Crippen LogP contribution is 2.32. The van der Waals surface area contributed by atoms with Gasteiger partial charge in [-0.15, -0.1) is 0 Å². The summed E-state index contributed by atoms with van der Waals surface area (Å²) in [6, 6.07) is 14.3. The number of aromatic nitrogens is 1. The first-order valence-electron chi connectivity index (χ1n) is 9.25. The Morgan fingerprint density at radius 2 is 1.78 bits per heavy atom. The predicted molar refractivity (Wildman–Crippen MR) is 115 cm³/mol. The molecule has 2 heterocycles. The number of likely N-dealkylation sites (N-methyl/N-ethyl adjacent to an activating group) is 1. The molecule has 0 spiro atoms. The van der Waals surface area contributed by atoms with Gasteiger partial charge in [-0.2, -0.15) is 0 Å². The van der Waals surface area contributed by atoms with Gasteiger partial charge in [-0.1, -0.05) is 48.9 Å². The topological polar surface area (TPSA) is 28.4 Å². The Bertz CT molecular complexity index is 930. The smallest absolute Gasteiger partial charge is 0.0969 e. The molecule has 0 amide bonds. The van der Waals surface area contributed by atoms with Crippen LogP contribution in [0, 0.1) is 6.92 Å². The third kappa shape index (κ3) is 3.91. The summed E-state index contributed by atoms with van der Waals surface area (Å²) in [5, 5.41) is 12.9. The maximum atomic E-state index is 10.9. The van der Waals surface area contributed by atoms with E-state index in [4.69, 9.17) is 11.6 Å². The highest BCUT2D eigenvalue weighted by Gasteiger charge is 2.22. The number of halogens is 1. The average Bonchev–Trinajstić information content (AvgIpc) is 2.76. The van der Waals surface area contributed by atoms with Crippen molar-refractivity contribution in [1.82, 2.24) is 9.47 Å². The number of hydrogen-bond acceptors (Lipinski definition) is 2. The molecule has 1 aromatic heterocycles. The standard InChI is InChI=1S/C22H25ClN2O.CH4/c1-15-3-5-16(6-4-15)22(26)14-25-20-8-7-17(23)13-19(20)18-9-11-24(2)12-10-21(18)25;/h3-8,13,22,26H,9-12,14H2,1-2H3;1H4.